The summed E-state index contributed by atoms with van der Waals surface area (Å²) in [6.07, 6.45) is 7.70. The van der Waals surface area contributed by atoms with Crippen molar-refractivity contribution in [1.82, 2.24) is 0 Å². The lowest BCUT2D eigenvalue weighted by Crippen LogP contribution is -2.45. The van der Waals surface area contributed by atoms with Gasteiger partial charge in [0.25, 0.3) is 0 Å². The van der Waals surface area contributed by atoms with E-state index in [0.29, 0.717) is 26.2 Å². The molecule has 0 atom stereocenters. The van der Waals surface area contributed by atoms with Gasteiger partial charge in [0.15, 0.2) is 5.12 Å². The lowest BCUT2D eigenvalue weighted by molar-refractivity contribution is -0.110. The Bertz CT molecular complexity index is 235. The predicted molar refractivity (Wildman–Crippen MR) is 103 cm³/mol. The molecule has 0 heterocycles. The van der Waals surface area contributed by atoms with E-state index in [1.807, 2.05) is 20.8 Å². The van der Waals surface area contributed by atoms with Gasteiger partial charge in [0, 0.05) is 32.3 Å². The second kappa shape index (κ2) is 18.5. The Morgan fingerprint density at radius 2 is 1.26 bits per heavy atom. The highest BCUT2D eigenvalue weighted by Crippen LogP contribution is 2.17. The standard InChI is InChI=1S/C9H22O3Si.C8H16OS/c1-5-9-13(10-6-2,11-7-3)12-8-4;1-2-3-4-5-6-7-8(9)10/h5-9H2,1-4H3;2-7H2,1H3,(H,9,10). The van der Waals surface area contributed by atoms with Crippen LogP contribution >= 0.6 is 12.6 Å². The lowest BCUT2D eigenvalue weighted by Gasteiger charge is -2.27. The topological polar surface area (TPSA) is 44.8 Å². The highest BCUT2D eigenvalue weighted by Gasteiger charge is 2.38. The average Bonchev–Trinajstić information content (AvgIpc) is 2.48. The largest absolute Gasteiger partial charge is 0.500 e. The van der Waals surface area contributed by atoms with Gasteiger partial charge in [0.05, 0.1) is 0 Å². The Balaban J connectivity index is 0. The zero-order valence-electron chi connectivity index (χ0n) is 15.9. The average molecular weight is 367 g/mol. The molecule has 0 fully saturated rings. The van der Waals surface area contributed by atoms with Gasteiger partial charge in [0.1, 0.15) is 0 Å². The van der Waals surface area contributed by atoms with E-state index in [-0.39, 0.29) is 5.12 Å². The van der Waals surface area contributed by atoms with E-state index >= 15 is 0 Å². The number of carbonyl (C=O) groups excluding carboxylic acids is 1. The first kappa shape index (κ1) is 25.4. The molecule has 0 radical (unpaired) electrons. The van der Waals surface area contributed by atoms with Crippen molar-refractivity contribution in [2.45, 2.75) is 85.6 Å². The van der Waals surface area contributed by atoms with Crippen LogP contribution in [0, 0.1) is 0 Å². The van der Waals surface area contributed by atoms with Crippen molar-refractivity contribution in [1.29, 1.82) is 0 Å². The number of hydrogen-bond acceptors (Lipinski definition) is 4. The first-order chi connectivity index (χ1) is 11.0. The second-order valence-corrected chi connectivity index (χ2v) is 8.52. The van der Waals surface area contributed by atoms with E-state index in [1.165, 1.54) is 25.7 Å². The molecule has 0 aliphatic heterocycles. The van der Waals surface area contributed by atoms with Gasteiger partial charge in [-0.05, 0) is 27.2 Å². The maximum atomic E-state index is 10.3. The number of thiol groups is 1. The Kier molecular flexibility index (Phi) is 20.3. The van der Waals surface area contributed by atoms with Gasteiger partial charge in [-0.3, -0.25) is 4.79 Å². The Hall–Kier alpha value is 0.117. The maximum absolute atomic E-state index is 10.3. The third-order valence-electron chi connectivity index (χ3n) is 3.14. The number of carbonyl (C=O) groups is 1. The monoisotopic (exact) mass is 366 g/mol. The Morgan fingerprint density at radius 3 is 1.61 bits per heavy atom. The van der Waals surface area contributed by atoms with Crippen LogP contribution in [0.4, 0.5) is 0 Å². The van der Waals surface area contributed by atoms with E-state index in [2.05, 4.69) is 26.5 Å². The molecular formula is C17H38O4SSi. The Morgan fingerprint density at radius 1 is 0.783 bits per heavy atom. The first-order valence-corrected chi connectivity index (χ1v) is 11.5. The van der Waals surface area contributed by atoms with Crippen LogP contribution in [0.15, 0.2) is 0 Å². The van der Waals surface area contributed by atoms with Crippen molar-refractivity contribution in [3.05, 3.63) is 0 Å². The summed E-state index contributed by atoms with van der Waals surface area (Å²) < 4.78 is 16.9. The minimum atomic E-state index is -2.30. The molecule has 0 N–H and O–H groups in total. The summed E-state index contributed by atoms with van der Waals surface area (Å²) in [5.41, 5.74) is 0. The molecule has 0 amide bonds. The maximum Gasteiger partial charge on any atom is 0.500 e. The summed E-state index contributed by atoms with van der Waals surface area (Å²) in [4.78, 5) is 10.3. The Labute approximate surface area is 150 Å². The number of hydrogen-bond donors (Lipinski definition) is 1. The van der Waals surface area contributed by atoms with Crippen LogP contribution in [0.25, 0.3) is 0 Å². The van der Waals surface area contributed by atoms with Crippen molar-refractivity contribution in [3.8, 4) is 0 Å². The fourth-order valence-corrected chi connectivity index (χ4v) is 4.96. The van der Waals surface area contributed by atoms with Crippen molar-refractivity contribution >= 4 is 26.5 Å². The van der Waals surface area contributed by atoms with Crippen molar-refractivity contribution in [2.24, 2.45) is 0 Å². The first-order valence-electron chi connectivity index (χ1n) is 9.15. The highest BCUT2D eigenvalue weighted by atomic mass is 32.1. The van der Waals surface area contributed by atoms with Gasteiger partial charge >= 0.3 is 8.80 Å². The van der Waals surface area contributed by atoms with Gasteiger partial charge in [-0.2, -0.15) is 0 Å². The second-order valence-electron chi connectivity index (χ2n) is 5.29. The van der Waals surface area contributed by atoms with Crippen molar-refractivity contribution in [3.63, 3.8) is 0 Å². The molecule has 0 bridgehead atoms. The zero-order chi connectivity index (χ0) is 18.0. The molecule has 4 nitrogen and oxygen atoms in total. The van der Waals surface area contributed by atoms with Crippen molar-refractivity contribution < 1.29 is 18.1 Å². The highest BCUT2D eigenvalue weighted by molar-refractivity contribution is 7.96. The predicted octanol–water partition coefficient (Wildman–Crippen LogP) is 5.25. The van der Waals surface area contributed by atoms with Gasteiger partial charge in [-0.25, -0.2) is 0 Å². The molecule has 0 aromatic carbocycles. The van der Waals surface area contributed by atoms with E-state index in [4.69, 9.17) is 13.3 Å². The minimum Gasteiger partial charge on any atom is -0.374 e. The molecule has 140 valence electrons. The third-order valence-corrected chi connectivity index (χ3v) is 6.66. The van der Waals surface area contributed by atoms with Crippen LogP contribution in [0.3, 0.4) is 0 Å². The van der Waals surface area contributed by atoms with Gasteiger partial charge in [-0.1, -0.05) is 46.0 Å². The van der Waals surface area contributed by atoms with Crippen LogP contribution in [-0.2, 0) is 18.1 Å². The minimum absolute atomic E-state index is 0.0245. The molecule has 0 aliphatic rings. The summed E-state index contributed by atoms with van der Waals surface area (Å²) >= 11 is 3.68. The fraction of sp³-hybridized carbons (Fsp3) is 0.941. The SMILES string of the molecule is CCCCCCCC(=O)S.CCC[Si](OCC)(OCC)OCC. The van der Waals surface area contributed by atoms with E-state index < -0.39 is 8.80 Å². The fourth-order valence-electron chi connectivity index (χ4n) is 2.19. The van der Waals surface area contributed by atoms with Crippen LogP contribution in [0.5, 0.6) is 0 Å². The van der Waals surface area contributed by atoms with E-state index in [9.17, 15) is 4.79 Å². The molecule has 0 saturated heterocycles. The zero-order valence-corrected chi connectivity index (χ0v) is 17.8. The number of rotatable bonds is 14. The quantitative estimate of drug-likeness (QED) is 0.259. The summed E-state index contributed by atoms with van der Waals surface area (Å²) in [7, 11) is -2.30. The molecule has 0 aliphatic carbocycles. The summed E-state index contributed by atoms with van der Waals surface area (Å²) in [6, 6.07) is 0.919. The third kappa shape index (κ3) is 16.7. The van der Waals surface area contributed by atoms with Crippen LogP contribution < -0.4 is 0 Å². The van der Waals surface area contributed by atoms with Crippen molar-refractivity contribution in [2.75, 3.05) is 19.8 Å². The lowest BCUT2D eigenvalue weighted by atomic mass is 10.1. The molecule has 6 heteroatoms. The summed E-state index contributed by atoms with van der Waals surface area (Å²) in [6.45, 7) is 12.3. The molecule has 0 saturated carbocycles. The van der Waals surface area contributed by atoms with Crippen LogP contribution in [-0.4, -0.2) is 33.7 Å². The molecule has 23 heavy (non-hydrogen) atoms. The normalized spacial score (nSPS) is 11.0. The van der Waals surface area contributed by atoms with Crippen LogP contribution in [0.2, 0.25) is 6.04 Å². The molecule has 0 rings (SSSR count). The summed E-state index contributed by atoms with van der Waals surface area (Å²) in [5, 5.41) is 0.0245. The van der Waals surface area contributed by atoms with Gasteiger partial charge in [0.2, 0.25) is 0 Å². The molecule has 0 aromatic rings. The molecular weight excluding hydrogens is 328 g/mol. The van der Waals surface area contributed by atoms with Gasteiger partial charge < -0.3 is 13.3 Å². The number of unbranched alkanes of at least 4 members (excludes halogenated alkanes) is 4. The molecule has 0 unspecified atom stereocenters. The summed E-state index contributed by atoms with van der Waals surface area (Å²) in [5.74, 6) is 0. The molecule has 0 aromatic heterocycles. The van der Waals surface area contributed by atoms with E-state index in [1.54, 1.807) is 0 Å². The smallest absolute Gasteiger partial charge is 0.374 e. The van der Waals surface area contributed by atoms with Gasteiger partial charge in [-0.15, -0.1) is 12.6 Å². The molecule has 0 spiro atoms. The van der Waals surface area contributed by atoms with E-state index in [0.717, 1.165) is 18.9 Å². The van der Waals surface area contributed by atoms with Crippen LogP contribution in [0.1, 0.15) is 79.6 Å².